The monoisotopic (exact) mass is 113 g/mol. The molecule has 1 fully saturated rings. The summed E-state index contributed by atoms with van der Waals surface area (Å²) in [6, 6.07) is 0.615. The van der Waals surface area contributed by atoms with Crippen LogP contribution in [0.25, 0.3) is 0 Å². The van der Waals surface area contributed by atoms with Crippen molar-refractivity contribution >= 4 is 0 Å². The van der Waals surface area contributed by atoms with E-state index in [9.17, 15) is 0 Å². The van der Waals surface area contributed by atoms with Gasteiger partial charge in [-0.2, -0.15) is 0 Å². The number of hydrogen-bond acceptors (Lipinski definition) is 2. The van der Waals surface area contributed by atoms with Gasteiger partial charge in [0, 0.05) is 13.1 Å². The Morgan fingerprint density at radius 1 is 1.75 bits per heavy atom. The Balaban J connectivity index is 2.28. The average Bonchev–Trinajstić information content (AvgIpc) is 1.77. The molecule has 48 valence electrons. The zero-order valence-corrected chi connectivity index (χ0v) is 5.35. The van der Waals surface area contributed by atoms with Crippen molar-refractivity contribution in [1.82, 2.24) is 10.2 Å². The summed E-state index contributed by atoms with van der Waals surface area (Å²) in [7, 11) is 3.87. The van der Waals surface area contributed by atoms with Crippen LogP contribution < -0.4 is 5.32 Å². The first-order valence-electron chi connectivity index (χ1n) is 3.08. The van der Waals surface area contributed by atoms with E-state index in [1.54, 1.807) is 0 Å². The van der Waals surface area contributed by atoms with Crippen molar-refractivity contribution in [3.63, 3.8) is 0 Å². The molecule has 1 rings (SSSR count). The maximum absolute atomic E-state index is 3.87. The summed E-state index contributed by atoms with van der Waals surface area (Å²) in [6.07, 6.45) is 0. The van der Waals surface area contributed by atoms with E-state index in [1.165, 1.54) is 0 Å². The van der Waals surface area contributed by atoms with Crippen molar-refractivity contribution in [2.75, 3.05) is 19.6 Å². The predicted molar refractivity (Wildman–Crippen MR) is 34.4 cm³/mol. The van der Waals surface area contributed by atoms with Crippen molar-refractivity contribution in [2.45, 2.75) is 13.0 Å². The number of nitrogens with one attached hydrogen (secondary N) is 1. The van der Waals surface area contributed by atoms with Gasteiger partial charge in [0.05, 0.1) is 0 Å². The largest absolute Gasteiger partial charge is 0.455 e. The molecule has 1 unspecified atom stereocenters. The minimum absolute atomic E-state index is 0.615. The average molecular weight is 113 g/mol. The zero-order valence-electron chi connectivity index (χ0n) is 5.35. The Kier molecular flexibility index (Phi) is 1.86. The van der Waals surface area contributed by atoms with Crippen molar-refractivity contribution in [2.24, 2.45) is 0 Å². The Bertz CT molecular complexity index is 62.9. The fourth-order valence-corrected chi connectivity index (χ4v) is 0.883. The second kappa shape index (κ2) is 2.46. The van der Waals surface area contributed by atoms with Crippen molar-refractivity contribution in [3.05, 3.63) is 7.05 Å². The minimum Gasteiger partial charge on any atom is -0.455 e. The summed E-state index contributed by atoms with van der Waals surface area (Å²) in [6.45, 7) is 5.44. The zero-order chi connectivity index (χ0) is 5.98. The lowest BCUT2D eigenvalue weighted by Gasteiger charge is -2.37. The van der Waals surface area contributed by atoms with Crippen molar-refractivity contribution in [1.29, 1.82) is 0 Å². The van der Waals surface area contributed by atoms with E-state index in [-0.39, 0.29) is 0 Å². The van der Waals surface area contributed by atoms with Gasteiger partial charge in [-0.25, -0.2) is 0 Å². The molecule has 2 nitrogen and oxygen atoms in total. The normalized spacial score (nSPS) is 33.0. The van der Waals surface area contributed by atoms with Crippen molar-refractivity contribution in [3.8, 4) is 0 Å². The molecular formula is C6H13N2-. The maximum Gasteiger partial charge on any atom is 0.00817 e. The van der Waals surface area contributed by atoms with Crippen molar-refractivity contribution < 1.29 is 0 Å². The van der Waals surface area contributed by atoms with Crippen LogP contribution in [0.1, 0.15) is 6.92 Å². The molecule has 0 amide bonds. The Labute approximate surface area is 50.9 Å². The number of nitrogens with zero attached hydrogens (tertiary/aromatic N) is 1. The highest BCUT2D eigenvalue weighted by Crippen LogP contribution is 1.97. The number of rotatable bonds is 0. The molecule has 0 aliphatic carbocycles. The smallest absolute Gasteiger partial charge is 0.00817 e. The summed E-state index contributed by atoms with van der Waals surface area (Å²) in [4.78, 5) is 2.12. The van der Waals surface area contributed by atoms with Gasteiger partial charge in [-0.15, -0.1) is 0 Å². The van der Waals surface area contributed by atoms with Gasteiger partial charge in [-0.3, -0.25) is 7.05 Å². The molecule has 1 heterocycles. The third-order valence-corrected chi connectivity index (χ3v) is 1.64. The molecule has 1 saturated heterocycles. The standard InChI is InChI=1S/C6H13N2/c1-6-5-7-3-4-8(6)2/h6-7H,2-5H2,1H3/q-1. The maximum atomic E-state index is 3.87. The molecule has 0 spiro atoms. The van der Waals surface area contributed by atoms with Gasteiger partial charge in [0.1, 0.15) is 0 Å². The van der Waals surface area contributed by atoms with Crippen LogP contribution in [0.3, 0.4) is 0 Å². The first-order chi connectivity index (χ1) is 3.80. The third-order valence-electron chi connectivity index (χ3n) is 1.64. The molecule has 1 aliphatic heterocycles. The Hall–Kier alpha value is -0.0800. The second-order valence-corrected chi connectivity index (χ2v) is 2.37. The van der Waals surface area contributed by atoms with Crippen LogP contribution in [-0.4, -0.2) is 30.6 Å². The molecule has 1 aliphatic rings. The highest BCUT2D eigenvalue weighted by atomic mass is 15.2. The molecule has 0 aromatic carbocycles. The molecule has 0 radical (unpaired) electrons. The van der Waals surface area contributed by atoms with Gasteiger partial charge < -0.3 is 10.2 Å². The van der Waals surface area contributed by atoms with Crippen LogP contribution >= 0.6 is 0 Å². The summed E-state index contributed by atoms with van der Waals surface area (Å²) < 4.78 is 0. The van der Waals surface area contributed by atoms with Crippen LogP contribution in [0.2, 0.25) is 0 Å². The van der Waals surface area contributed by atoms with Gasteiger partial charge in [-0.05, 0) is 12.6 Å². The molecule has 0 bridgehead atoms. The van der Waals surface area contributed by atoms with Crippen LogP contribution in [0.15, 0.2) is 0 Å². The second-order valence-electron chi connectivity index (χ2n) is 2.37. The van der Waals surface area contributed by atoms with Crippen LogP contribution in [0, 0.1) is 7.05 Å². The van der Waals surface area contributed by atoms with Crippen LogP contribution in [-0.2, 0) is 0 Å². The summed E-state index contributed by atoms with van der Waals surface area (Å²) in [5.74, 6) is 0. The van der Waals surface area contributed by atoms with E-state index in [4.69, 9.17) is 0 Å². The van der Waals surface area contributed by atoms with Crippen LogP contribution in [0.4, 0.5) is 0 Å². The fourth-order valence-electron chi connectivity index (χ4n) is 0.883. The fraction of sp³-hybridized carbons (Fsp3) is 0.833. The van der Waals surface area contributed by atoms with E-state index < -0.39 is 0 Å². The van der Waals surface area contributed by atoms with E-state index >= 15 is 0 Å². The van der Waals surface area contributed by atoms with Gasteiger partial charge in [-0.1, -0.05) is 6.92 Å². The first kappa shape index (κ1) is 6.05. The Morgan fingerprint density at radius 2 is 2.50 bits per heavy atom. The highest BCUT2D eigenvalue weighted by molar-refractivity contribution is 4.74. The lowest BCUT2D eigenvalue weighted by atomic mass is 10.2. The van der Waals surface area contributed by atoms with E-state index in [0.29, 0.717) is 6.04 Å². The lowest BCUT2D eigenvalue weighted by Crippen LogP contribution is -2.46. The molecule has 0 aromatic heterocycles. The summed E-state index contributed by atoms with van der Waals surface area (Å²) >= 11 is 0. The molecule has 0 aromatic rings. The SMILES string of the molecule is [CH2-]N1CCNCC1C. The summed E-state index contributed by atoms with van der Waals surface area (Å²) in [5, 5.41) is 3.28. The van der Waals surface area contributed by atoms with Gasteiger partial charge >= 0.3 is 0 Å². The molecular weight excluding hydrogens is 100 g/mol. The van der Waals surface area contributed by atoms with E-state index in [0.717, 1.165) is 19.6 Å². The summed E-state index contributed by atoms with van der Waals surface area (Å²) in [5.41, 5.74) is 0. The Morgan fingerprint density at radius 3 is 2.88 bits per heavy atom. The molecule has 2 heteroatoms. The number of piperazine rings is 1. The molecule has 0 saturated carbocycles. The lowest BCUT2D eigenvalue weighted by molar-refractivity contribution is 0.240. The quantitative estimate of drug-likeness (QED) is 0.447. The highest BCUT2D eigenvalue weighted by Gasteiger charge is 2.06. The van der Waals surface area contributed by atoms with E-state index in [1.807, 2.05) is 0 Å². The van der Waals surface area contributed by atoms with Gasteiger partial charge in [0.25, 0.3) is 0 Å². The minimum atomic E-state index is 0.615. The van der Waals surface area contributed by atoms with Crippen LogP contribution in [0.5, 0.6) is 0 Å². The predicted octanol–water partition coefficient (Wildman–Crippen LogP) is 0.0717. The van der Waals surface area contributed by atoms with E-state index in [2.05, 4.69) is 24.2 Å². The van der Waals surface area contributed by atoms with Gasteiger partial charge in [0.15, 0.2) is 0 Å². The molecule has 8 heavy (non-hydrogen) atoms. The number of hydrogen-bond donors (Lipinski definition) is 1. The molecule has 1 atom stereocenters. The van der Waals surface area contributed by atoms with Gasteiger partial charge in [0.2, 0.25) is 0 Å². The third kappa shape index (κ3) is 1.20. The topological polar surface area (TPSA) is 15.3 Å². The first-order valence-corrected chi connectivity index (χ1v) is 3.08. The molecule has 1 N–H and O–H groups in total.